The van der Waals surface area contributed by atoms with Crippen LogP contribution < -0.4 is 29.6 Å². The molecule has 0 aromatic carbocycles. The van der Waals surface area contributed by atoms with Crippen LogP contribution in [0.25, 0.3) is 0 Å². The second kappa shape index (κ2) is 17.4. The average molecular weight is 116 g/mol. The van der Waals surface area contributed by atoms with Gasteiger partial charge in [-0.15, -0.1) is 0 Å². The van der Waals surface area contributed by atoms with Crippen LogP contribution in [0.4, 0.5) is 0 Å². The third kappa shape index (κ3) is 8.82. The summed E-state index contributed by atoms with van der Waals surface area (Å²) >= 11 is 0. The van der Waals surface area contributed by atoms with Crippen molar-refractivity contribution in [3.63, 3.8) is 0 Å². The molecule has 0 saturated carbocycles. The first-order valence-corrected chi connectivity index (χ1v) is 0.775. The van der Waals surface area contributed by atoms with Crippen molar-refractivity contribution in [3.05, 3.63) is 0 Å². The maximum Gasteiger partial charge on any atom is 2.00 e. The summed E-state index contributed by atoms with van der Waals surface area (Å²) in [5.41, 5.74) is 0. The summed E-state index contributed by atoms with van der Waals surface area (Å²) in [6.45, 7) is 0. The van der Waals surface area contributed by atoms with Crippen molar-refractivity contribution < 1.29 is 38.7 Å². The van der Waals surface area contributed by atoms with E-state index in [9.17, 15) is 0 Å². The zero-order valence-corrected chi connectivity index (χ0v) is 8.09. The number of hydrogen-bond donors (Lipinski definition) is 1. The smallest absolute Gasteiger partial charge is 1.00 e. The van der Waals surface area contributed by atoms with Crippen LogP contribution in [-0.2, 0) is 0 Å². The Morgan fingerprint density at radius 1 is 1.50 bits per heavy atom. The van der Waals surface area contributed by atoms with Crippen LogP contribution in [0.15, 0.2) is 0 Å². The molecule has 0 aliphatic carbocycles. The van der Waals surface area contributed by atoms with Gasteiger partial charge in [-0.1, -0.05) is 0 Å². The van der Waals surface area contributed by atoms with Gasteiger partial charge in [0.25, 0.3) is 0 Å². The Bertz CT molecular complexity index is 14.9. The quantitative estimate of drug-likeness (QED) is 0.260. The van der Waals surface area contributed by atoms with Crippen LogP contribution in [0.2, 0.25) is 0 Å². The van der Waals surface area contributed by atoms with Gasteiger partial charge in [0.2, 0.25) is 0 Å². The van der Waals surface area contributed by atoms with Crippen molar-refractivity contribution >= 4 is 47.2 Å². The van der Waals surface area contributed by atoms with Gasteiger partial charge in [-0.25, -0.2) is 0 Å². The molecule has 1 unspecified atom stereocenters. The molecule has 0 rings (SSSR count). The Labute approximate surface area is 84.6 Å². The molecule has 0 aliphatic heterocycles. The van der Waals surface area contributed by atoms with E-state index in [0.29, 0.717) is 0 Å². The molecular weight excluding hydrogens is 110 g/mol. The summed E-state index contributed by atoms with van der Waals surface area (Å²) in [4.78, 5) is 6.92. The van der Waals surface area contributed by atoms with E-state index in [4.69, 9.17) is 4.89 Å². The van der Waals surface area contributed by atoms with Crippen molar-refractivity contribution in [1.29, 1.82) is 0 Å². The average Bonchev–Trinajstić information content (AvgIpc) is 1.00. The molecule has 0 aromatic rings. The van der Waals surface area contributed by atoms with Gasteiger partial charge in [0.1, 0.15) is 0 Å². The molecule has 0 bridgehead atoms. The molecule has 0 saturated heterocycles. The number of rotatable bonds is 0. The largest absolute Gasteiger partial charge is 2.00 e. The Morgan fingerprint density at radius 2 is 1.50 bits per heavy atom. The standard InChI is InChI=1S/Ca.Na.H3OP.3H/c;;1-2;;;/h;;1H,2H2;;;/q+2;+1;;3*-1. The molecule has 0 fully saturated rings. The van der Waals surface area contributed by atoms with Gasteiger partial charge < -0.3 is 9.17 Å². The SMILES string of the molecule is OP.[Ca+2].[H-].[H-].[H-].[Na+]. The van der Waals surface area contributed by atoms with Crippen LogP contribution >= 0.6 is 9.47 Å². The second-order valence-electron chi connectivity index (χ2n) is 0. The Hall–Kier alpha value is 2.65. The Morgan fingerprint density at radius 3 is 1.50 bits per heavy atom. The van der Waals surface area contributed by atoms with E-state index >= 15 is 0 Å². The van der Waals surface area contributed by atoms with Gasteiger partial charge in [0.15, 0.2) is 0 Å². The number of hydrogen-bond acceptors (Lipinski definition) is 1. The van der Waals surface area contributed by atoms with E-state index in [1.807, 2.05) is 0 Å². The van der Waals surface area contributed by atoms with E-state index in [-0.39, 0.29) is 71.6 Å². The minimum atomic E-state index is 0. The van der Waals surface area contributed by atoms with E-state index in [1.54, 1.807) is 0 Å². The molecule has 4 heavy (non-hydrogen) atoms. The minimum Gasteiger partial charge on any atom is -1.00 e. The Kier molecular flexibility index (Phi) is 69.3. The van der Waals surface area contributed by atoms with Crippen molar-refractivity contribution in [2.45, 2.75) is 0 Å². The van der Waals surface area contributed by atoms with Crippen LogP contribution in [0.3, 0.4) is 0 Å². The molecule has 4 heteroatoms. The van der Waals surface area contributed by atoms with E-state index in [0.717, 1.165) is 0 Å². The summed E-state index contributed by atoms with van der Waals surface area (Å²) in [7, 11) is 1.42. The summed E-state index contributed by atoms with van der Waals surface area (Å²) in [5.74, 6) is 0. The van der Waals surface area contributed by atoms with Crippen molar-refractivity contribution in [3.8, 4) is 0 Å². The summed E-state index contributed by atoms with van der Waals surface area (Å²) in [5, 5.41) is 0. The fourth-order valence-electron chi connectivity index (χ4n) is 0. The molecule has 20 valence electrons. The predicted octanol–water partition coefficient (Wildman–Crippen LogP) is -3.27. The molecule has 1 N–H and O–H groups in total. The molecule has 0 heterocycles. The maximum absolute atomic E-state index is 6.92. The first-order valence-electron chi connectivity index (χ1n) is 0.258. The van der Waals surface area contributed by atoms with Gasteiger partial charge in [-0.3, -0.25) is 0 Å². The van der Waals surface area contributed by atoms with Crippen LogP contribution in [0.5, 0.6) is 0 Å². The molecule has 1 atom stereocenters. The van der Waals surface area contributed by atoms with Crippen molar-refractivity contribution in [1.82, 2.24) is 0 Å². The van der Waals surface area contributed by atoms with Crippen LogP contribution in [0, 0.1) is 0 Å². The molecule has 1 nitrogen and oxygen atoms in total. The van der Waals surface area contributed by atoms with Gasteiger partial charge in [0.05, 0.1) is 0 Å². The monoisotopic (exact) mass is 116 g/mol. The maximum atomic E-state index is 6.92. The topological polar surface area (TPSA) is 20.2 Å². The van der Waals surface area contributed by atoms with Gasteiger partial charge in [-0.05, 0) is 9.47 Å². The summed E-state index contributed by atoms with van der Waals surface area (Å²) in [6, 6.07) is 0. The molecule has 0 radical (unpaired) electrons. The third-order valence-corrected chi connectivity index (χ3v) is 0. The second-order valence-corrected chi connectivity index (χ2v) is 0. The van der Waals surface area contributed by atoms with Gasteiger partial charge >= 0.3 is 67.3 Å². The molecule has 0 spiro atoms. The predicted molar refractivity (Wildman–Crippen MR) is 21.0 cm³/mol. The zero-order chi connectivity index (χ0) is 2.00. The van der Waals surface area contributed by atoms with Crippen LogP contribution in [0.1, 0.15) is 4.28 Å². The fraction of sp³-hybridized carbons (Fsp3) is 0. The fourth-order valence-corrected chi connectivity index (χ4v) is 0. The Balaban J connectivity index is -0.000000000500. The van der Waals surface area contributed by atoms with Crippen molar-refractivity contribution in [2.75, 3.05) is 0 Å². The van der Waals surface area contributed by atoms with E-state index in [2.05, 4.69) is 0 Å². The normalized spacial score (nSPS) is 1.50. The van der Waals surface area contributed by atoms with Crippen LogP contribution in [-0.4, -0.2) is 42.6 Å². The van der Waals surface area contributed by atoms with E-state index in [1.165, 1.54) is 9.47 Å². The molecule has 0 aliphatic rings. The summed E-state index contributed by atoms with van der Waals surface area (Å²) < 4.78 is 0. The van der Waals surface area contributed by atoms with Gasteiger partial charge in [-0.2, -0.15) is 0 Å². The minimum absolute atomic E-state index is 0. The zero-order valence-electron chi connectivity index (χ0n) is 5.73. The first-order chi connectivity index (χ1) is 1.00. The van der Waals surface area contributed by atoms with Crippen molar-refractivity contribution in [2.24, 2.45) is 0 Å². The third-order valence-electron chi connectivity index (χ3n) is 0. The molecule has 0 aromatic heterocycles. The van der Waals surface area contributed by atoms with Gasteiger partial charge in [0, 0.05) is 0 Å². The molecule has 0 amide bonds. The molecular formula is H6CaNaOP. The first kappa shape index (κ1) is 15.9. The summed E-state index contributed by atoms with van der Waals surface area (Å²) in [6.07, 6.45) is 0. The van der Waals surface area contributed by atoms with E-state index < -0.39 is 0 Å².